The molecule has 0 radical (unpaired) electrons. The average Bonchev–Trinajstić information content (AvgIpc) is 2.95. The van der Waals surface area contributed by atoms with E-state index in [0.29, 0.717) is 30.3 Å². The van der Waals surface area contributed by atoms with Crippen molar-refractivity contribution in [1.29, 1.82) is 5.26 Å². The molecular formula is C30H25N3O6. The van der Waals surface area contributed by atoms with Crippen LogP contribution in [-0.4, -0.2) is 24.5 Å². The quantitative estimate of drug-likeness (QED) is 0.112. The number of nitriles is 1. The van der Waals surface area contributed by atoms with Crippen molar-refractivity contribution in [3.8, 4) is 23.3 Å². The maximum absolute atomic E-state index is 12.9. The summed E-state index contributed by atoms with van der Waals surface area (Å²) in [6.07, 6.45) is 1.40. The van der Waals surface area contributed by atoms with E-state index in [1.54, 1.807) is 18.2 Å². The fraction of sp³-hybridized carbons (Fsp3) is 0.133. The lowest BCUT2D eigenvalue weighted by Gasteiger charge is -2.14. The molecule has 0 saturated heterocycles. The molecule has 0 saturated carbocycles. The Bertz CT molecular complexity index is 1600. The Labute approximate surface area is 225 Å². The molecule has 0 aliphatic rings. The van der Waals surface area contributed by atoms with E-state index in [9.17, 15) is 20.2 Å². The van der Waals surface area contributed by atoms with Crippen LogP contribution >= 0.6 is 0 Å². The third kappa shape index (κ3) is 6.32. The van der Waals surface area contributed by atoms with Crippen LogP contribution in [0.2, 0.25) is 0 Å². The summed E-state index contributed by atoms with van der Waals surface area (Å²) in [7, 11) is 1.37. The minimum absolute atomic E-state index is 0.0741. The van der Waals surface area contributed by atoms with Gasteiger partial charge in [-0.1, -0.05) is 48.5 Å². The van der Waals surface area contributed by atoms with Crippen LogP contribution in [0.1, 0.15) is 18.1 Å². The zero-order chi connectivity index (χ0) is 27.8. The number of nitro benzene ring substituents is 1. The van der Waals surface area contributed by atoms with Crippen molar-refractivity contribution in [1.82, 2.24) is 0 Å². The van der Waals surface area contributed by atoms with Crippen LogP contribution in [-0.2, 0) is 11.4 Å². The summed E-state index contributed by atoms with van der Waals surface area (Å²) in [6, 6.07) is 24.9. The number of carbonyl (C=O) groups excluding carboxylic acids is 1. The molecule has 0 aromatic heterocycles. The van der Waals surface area contributed by atoms with Crippen LogP contribution in [0.3, 0.4) is 0 Å². The number of methoxy groups -OCH3 is 1. The number of hydrogen-bond donors (Lipinski definition) is 1. The number of rotatable bonds is 10. The molecule has 4 aromatic carbocycles. The van der Waals surface area contributed by atoms with E-state index in [-0.39, 0.29) is 22.7 Å². The Morgan fingerprint density at radius 3 is 2.51 bits per heavy atom. The third-order valence-corrected chi connectivity index (χ3v) is 5.85. The van der Waals surface area contributed by atoms with E-state index in [2.05, 4.69) is 5.32 Å². The van der Waals surface area contributed by atoms with E-state index in [4.69, 9.17) is 14.2 Å². The highest BCUT2D eigenvalue weighted by molar-refractivity contribution is 6.10. The number of hydrogen-bond acceptors (Lipinski definition) is 7. The van der Waals surface area contributed by atoms with Gasteiger partial charge in [0.2, 0.25) is 0 Å². The smallest absolute Gasteiger partial charge is 0.271 e. The lowest BCUT2D eigenvalue weighted by atomic mass is 10.1. The average molecular weight is 524 g/mol. The highest BCUT2D eigenvalue weighted by Crippen LogP contribution is 2.32. The van der Waals surface area contributed by atoms with E-state index in [1.165, 1.54) is 31.4 Å². The lowest BCUT2D eigenvalue weighted by molar-refractivity contribution is -0.384. The van der Waals surface area contributed by atoms with Crippen molar-refractivity contribution < 1.29 is 23.9 Å². The first kappa shape index (κ1) is 26.7. The second-order valence-electron chi connectivity index (χ2n) is 8.33. The summed E-state index contributed by atoms with van der Waals surface area (Å²) in [5, 5.41) is 25.5. The van der Waals surface area contributed by atoms with Crippen molar-refractivity contribution in [2.75, 3.05) is 19.0 Å². The van der Waals surface area contributed by atoms with Crippen LogP contribution in [0.5, 0.6) is 17.2 Å². The highest BCUT2D eigenvalue weighted by atomic mass is 16.6. The van der Waals surface area contributed by atoms with Crippen molar-refractivity contribution in [2.45, 2.75) is 13.5 Å². The van der Waals surface area contributed by atoms with Gasteiger partial charge in [0.15, 0.2) is 11.5 Å². The van der Waals surface area contributed by atoms with Gasteiger partial charge in [0.05, 0.1) is 24.3 Å². The molecule has 0 spiro atoms. The molecule has 0 aliphatic heterocycles. The zero-order valence-electron chi connectivity index (χ0n) is 21.3. The van der Waals surface area contributed by atoms with Crippen molar-refractivity contribution >= 4 is 34.1 Å². The van der Waals surface area contributed by atoms with E-state index in [1.807, 2.05) is 55.5 Å². The first-order chi connectivity index (χ1) is 18.9. The molecule has 196 valence electrons. The van der Waals surface area contributed by atoms with Crippen LogP contribution in [0.25, 0.3) is 16.8 Å². The number of anilines is 1. The van der Waals surface area contributed by atoms with Crippen LogP contribution < -0.4 is 19.5 Å². The van der Waals surface area contributed by atoms with Gasteiger partial charge in [0.25, 0.3) is 11.6 Å². The first-order valence-electron chi connectivity index (χ1n) is 12.0. The van der Waals surface area contributed by atoms with Gasteiger partial charge in [-0.15, -0.1) is 0 Å². The molecule has 0 fully saturated rings. The molecule has 4 aromatic rings. The molecule has 1 amide bonds. The van der Waals surface area contributed by atoms with Crippen molar-refractivity contribution in [3.63, 3.8) is 0 Å². The van der Waals surface area contributed by atoms with Gasteiger partial charge < -0.3 is 19.5 Å². The Morgan fingerprint density at radius 1 is 1.00 bits per heavy atom. The van der Waals surface area contributed by atoms with E-state index in [0.717, 1.165) is 16.3 Å². The van der Waals surface area contributed by atoms with Gasteiger partial charge in [0, 0.05) is 12.1 Å². The molecule has 0 atom stereocenters. The summed E-state index contributed by atoms with van der Waals surface area (Å²) in [4.78, 5) is 23.4. The predicted octanol–water partition coefficient (Wildman–Crippen LogP) is 6.28. The summed E-state index contributed by atoms with van der Waals surface area (Å²) in [5.74, 6) is 0.457. The molecule has 4 rings (SSSR count). The van der Waals surface area contributed by atoms with Crippen molar-refractivity contribution in [3.05, 3.63) is 106 Å². The van der Waals surface area contributed by atoms with Gasteiger partial charge in [-0.3, -0.25) is 14.9 Å². The number of fused-ring (bicyclic) bond motifs is 1. The normalized spacial score (nSPS) is 10.9. The van der Waals surface area contributed by atoms with Crippen LogP contribution in [0, 0.1) is 21.4 Å². The Balaban J connectivity index is 1.56. The summed E-state index contributed by atoms with van der Waals surface area (Å²) in [5.41, 5.74) is 1.20. The van der Waals surface area contributed by atoms with Gasteiger partial charge >= 0.3 is 0 Å². The largest absolute Gasteiger partial charge is 0.495 e. The van der Waals surface area contributed by atoms with Crippen molar-refractivity contribution in [2.24, 2.45) is 0 Å². The second-order valence-corrected chi connectivity index (χ2v) is 8.33. The molecular weight excluding hydrogens is 498 g/mol. The van der Waals surface area contributed by atoms with Gasteiger partial charge in [-0.2, -0.15) is 5.26 Å². The minimum Gasteiger partial charge on any atom is -0.495 e. The number of ether oxygens (including phenoxy) is 3. The molecule has 1 N–H and O–H groups in total. The molecule has 9 heteroatoms. The fourth-order valence-corrected chi connectivity index (χ4v) is 3.99. The monoisotopic (exact) mass is 523 g/mol. The molecule has 0 aliphatic carbocycles. The summed E-state index contributed by atoms with van der Waals surface area (Å²) < 4.78 is 17.0. The molecule has 0 unspecified atom stereocenters. The number of amides is 1. The number of carbonyl (C=O) groups is 1. The van der Waals surface area contributed by atoms with Gasteiger partial charge in [-0.25, -0.2) is 0 Å². The number of non-ortho nitro benzene ring substituents is 1. The SMILES string of the molecule is CCOc1cc(/C=C(\C#N)C(=O)Nc2cc([N+](=O)[O-])ccc2OC)ccc1OCc1cccc2ccccc12. The molecule has 9 nitrogen and oxygen atoms in total. The Hall–Kier alpha value is -5.36. The number of benzene rings is 4. The Kier molecular flexibility index (Phi) is 8.39. The molecule has 0 bridgehead atoms. The second kappa shape index (κ2) is 12.3. The number of nitro groups is 1. The Morgan fingerprint density at radius 2 is 1.77 bits per heavy atom. The number of nitrogens with one attached hydrogen (secondary N) is 1. The standard InChI is InChI=1S/C30H25N3O6/c1-3-38-29-16-20(11-13-28(29)39-19-22-9-6-8-21-7-4-5-10-25(21)22)15-23(18-31)30(34)32-26-17-24(33(35)36)12-14-27(26)37-2/h4-17H,3,19H2,1-2H3,(H,32,34)/b23-15+. The summed E-state index contributed by atoms with van der Waals surface area (Å²) >= 11 is 0. The van der Waals surface area contributed by atoms with Gasteiger partial charge in [-0.05, 0) is 53.1 Å². The third-order valence-electron chi connectivity index (χ3n) is 5.85. The maximum atomic E-state index is 12.9. The van der Waals surface area contributed by atoms with Gasteiger partial charge in [0.1, 0.15) is 24.0 Å². The topological polar surface area (TPSA) is 124 Å². The molecule has 39 heavy (non-hydrogen) atoms. The first-order valence-corrected chi connectivity index (χ1v) is 12.0. The van der Waals surface area contributed by atoms with E-state index >= 15 is 0 Å². The lowest BCUT2D eigenvalue weighted by Crippen LogP contribution is -2.14. The fourth-order valence-electron chi connectivity index (χ4n) is 3.99. The molecule has 0 heterocycles. The number of nitrogens with zero attached hydrogens (tertiary/aromatic N) is 2. The predicted molar refractivity (Wildman–Crippen MR) is 148 cm³/mol. The zero-order valence-corrected chi connectivity index (χ0v) is 21.3. The highest BCUT2D eigenvalue weighted by Gasteiger charge is 2.17. The van der Waals surface area contributed by atoms with E-state index < -0.39 is 10.8 Å². The van der Waals surface area contributed by atoms with Crippen LogP contribution in [0.15, 0.2) is 84.4 Å². The minimum atomic E-state index is -0.745. The maximum Gasteiger partial charge on any atom is 0.271 e. The van der Waals surface area contributed by atoms with Crippen LogP contribution in [0.4, 0.5) is 11.4 Å². The summed E-state index contributed by atoms with van der Waals surface area (Å²) in [6.45, 7) is 2.56.